The number of aliphatic carboxylic acids is 1. The lowest BCUT2D eigenvalue weighted by atomic mass is 9.75. The van der Waals surface area contributed by atoms with Crippen LogP contribution in [0, 0.1) is 5.92 Å². The highest BCUT2D eigenvalue weighted by atomic mass is 19.4. The molecule has 2 fully saturated rings. The highest BCUT2D eigenvalue weighted by molar-refractivity contribution is 5.77. The molecule has 2 aliphatic rings. The van der Waals surface area contributed by atoms with Crippen LogP contribution in [0.25, 0.3) is 0 Å². The number of likely N-dealkylation sites (tertiary alicyclic amines) is 1. The number of hydrogen-bond donors (Lipinski definition) is 2. The zero-order valence-electron chi connectivity index (χ0n) is 14.1. The predicted octanol–water partition coefficient (Wildman–Crippen LogP) is 3.46. The summed E-state index contributed by atoms with van der Waals surface area (Å²) < 4.78 is 38.4. The number of carbonyl (C=O) groups is 2. The number of carboxylic acids is 1. The number of benzene rings is 1. The minimum Gasteiger partial charge on any atom is -0.481 e. The summed E-state index contributed by atoms with van der Waals surface area (Å²) >= 11 is 0. The smallest absolute Gasteiger partial charge is 0.416 e. The van der Waals surface area contributed by atoms with Crippen LogP contribution >= 0.6 is 0 Å². The van der Waals surface area contributed by atoms with E-state index in [0.717, 1.165) is 6.07 Å². The maximum atomic E-state index is 12.8. The fraction of sp³-hybridized carbons (Fsp3) is 0.556. The van der Waals surface area contributed by atoms with Gasteiger partial charge in [0, 0.05) is 19.1 Å². The number of nitrogens with zero attached hydrogens (tertiary/aromatic N) is 1. The number of carbonyl (C=O) groups excluding carboxylic acids is 1. The standard InChI is InChI=1S/C18H21F3N2O3/c19-18(20,21)14-5-1-3-11(7-14)13-8-15(9-13)22-17(26)23-6-2-4-12(10-23)16(24)25/h1,3,5,7,12-13,15H,2,4,6,8-10H2,(H,22,26)(H,24,25). The van der Waals surface area contributed by atoms with Crippen LogP contribution in [0.5, 0.6) is 0 Å². The van der Waals surface area contributed by atoms with Gasteiger partial charge in [0.25, 0.3) is 0 Å². The van der Waals surface area contributed by atoms with E-state index in [1.54, 1.807) is 6.07 Å². The number of urea groups is 1. The molecule has 8 heteroatoms. The van der Waals surface area contributed by atoms with Gasteiger partial charge < -0.3 is 15.3 Å². The SMILES string of the molecule is O=C(O)C1CCCN(C(=O)NC2CC(c3cccc(C(F)(F)F)c3)C2)C1. The first-order valence-electron chi connectivity index (χ1n) is 8.69. The van der Waals surface area contributed by atoms with Crippen molar-refractivity contribution in [3.63, 3.8) is 0 Å². The molecule has 2 N–H and O–H groups in total. The first-order valence-corrected chi connectivity index (χ1v) is 8.69. The van der Waals surface area contributed by atoms with Gasteiger partial charge in [-0.1, -0.05) is 18.2 Å². The quantitative estimate of drug-likeness (QED) is 0.856. The van der Waals surface area contributed by atoms with Crippen LogP contribution in [0.3, 0.4) is 0 Å². The Hall–Kier alpha value is -2.25. The molecule has 0 spiro atoms. The third-order valence-corrected chi connectivity index (χ3v) is 5.21. The maximum absolute atomic E-state index is 12.8. The Morgan fingerprint density at radius 1 is 1.23 bits per heavy atom. The van der Waals surface area contributed by atoms with Crippen molar-refractivity contribution in [3.8, 4) is 0 Å². The minimum atomic E-state index is -4.36. The van der Waals surface area contributed by atoms with Crippen molar-refractivity contribution in [3.05, 3.63) is 35.4 Å². The summed E-state index contributed by atoms with van der Waals surface area (Å²) in [7, 11) is 0. The van der Waals surface area contributed by atoms with Crippen LogP contribution in [-0.2, 0) is 11.0 Å². The van der Waals surface area contributed by atoms with Gasteiger partial charge in [-0.25, -0.2) is 4.79 Å². The Morgan fingerprint density at radius 2 is 1.96 bits per heavy atom. The summed E-state index contributed by atoms with van der Waals surface area (Å²) in [6.07, 6.45) is -1.96. The molecule has 1 heterocycles. The van der Waals surface area contributed by atoms with Crippen LogP contribution in [0.4, 0.5) is 18.0 Å². The molecule has 1 unspecified atom stereocenters. The second kappa shape index (κ2) is 7.17. The third-order valence-electron chi connectivity index (χ3n) is 5.21. The Balaban J connectivity index is 1.51. The Bertz CT molecular complexity index is 687. The molecule has 1 saturated carbocycles. The summed E-state index contributed by atoms with van der Waals surface area (Å²) in [5, 5.41) is 11.9. The molecule has 3 rings (SSSR count). The molecule has 1 aliphatic carbocycles. The molecule has 1 aromatic rings. The number of alkyl halides is 3. The maximum Gasteiger partial charge on any atom is 0.416 e. The van der Waals surface area contributed by atoms with E-state index in [-0.39, 0.29) is 24.5 Å². The second-order valence-electron chi connectivity index (χ2n) is 7.06. The van der Waals surface area contributed by atoms with E-state index < -0.39 is 23.6 Å². The van der Waals surface area contributed by atoms with Crippen LogP contribution in [-0.4, -0.2) is 41.1 Å². The molecule has 2 amide bonds. The number of carboxylic acid groups (broad SMARTS) is 1. The summed E-state index contributed by atoms with van der Waals surface area (Å²) in [5.41, 5.74) is -0.0234. The van der Waals surface area contributed by atoms with Gasteiger partial charge in [0.1, 0.15) is 0 Å². The molecule has 26 heavy (non-hydrogen) atoms. The molecule has 1 saturated heterocycles. The summed E-state index contributed by atoms with van der Waals surface area (Å²) in [5.74, 6) is -1.43. The van der Waals surface area contributed by atoms with Crippen molar-refractivity contribution in [2.45, 2.75) is 43.8 Å². The van der Waals surface area contributed by atoms with Gasteiger partial charge in [0.15, 0.2) is 0 Å². The molecule has 142 valence electrons. The van der Waals surface area contributed by atoms with Crippen molar-refractivity contribution in [1.82, 2.24) is 10.2 Å². The number of rotatable bonds is 3. The van der Waals surface area contributed by atoms with Crippen molar-refractivity contribution < 1.29 is 27.9 Å². The van der Waals surface area contributed by atoms with Gasteiger partial charge in [0.05, 0.1) is 11.5 Å². The Kier molecular flexibility index (Phi) is 5.11. The van der Waals surface area contributed by atoms with Crippen molar-refractivity contribution in [1.29, 1.82) is 0 Å². The Morgan fingerprint density at radius 3 is 2.62 bits per heavy atom. The molecule has 1 aliphatic heterocycles. The summed E-state index contributed by atoms with van der Waals surface area (Å²) in [4.78, 5) is 24.9. The highest BCUT2D eigenvalue weighted by Crippen LogP contribution is 2.39. The van der Waals surface area contributed by atoms with E-state index in [9.17, 15) is 22.8 Å². The lowest BCUT2D eigenvalue weighted by Crippen LogP contribution is -2.52. The summed E-state index contributed by atoms with van der Waals surface area (Å²) in [6, 6.07) is 4.93. The molecule has 5 nitrogen and oxygen atoms in total. The molecular formula is C18H21F3N2O3. The molecule has 0 radical (unpaired) electrons. The van der Waals surface area contributed by atoms with Crippen LogP contribution < -0.4 is 5.32 Å². The van der Waals surface area contributed by atoms with E-state index in [2.05, 4.69) is 5.32 Å². The highest BCUT2D eigenvalue weighted by Gasteiger charge is 2.36. The van der Waals surface area contributed by atoms with E-state index in [4.69, 9.17) is 5.11 Å². The Labute approximate surface area is 149 Å². The summed E-state index contributed by atoms with van der Waals surface area (Å²) in [6.45, 7) is 0.727. The zero-order valence-corrected chi connectivity index (χ0v) is 14.1. The number of hydrogen-bond acceptors (Lipinski definition) is 2. The fourth-order valence-corrected chi connectivity index (χ4v) is 3.61. The molecule has 1 aromatic carbocycles. The topological polar surface area (TPSA) is 69.6 Å². The van der Waals surface area contributed by atoms with Crippen molar-refractivity contribution in [2.75, 3.05) is 13.1 Å². The average Bonchev–Trinajstić information content (AvgIpc) is 2.57. The number of nitrogens with one attached hydrogen (secondary N) is 1. The number of amides is 2. The van der Waals surface area contributed by atoms with E-state index >= 15 is 0 Å². The number of piperidine rings is 1. The lowest BCUT2D eigenvalue weighted by molar-refractivity contribution is -0.143. The molecule has 1 atom stereocenters. The monoisotopic (exact) mass is 370 g/mol. The molecule has 0 bridgehead atoms. The van der Waals surface area contributed by atoms with Crippen LogP contribution in [0.15, 0.2) is 24.3 Å². The van der Waals surface area contributed by atoms with Gasteiger partial charge in [-0.3, -0.25) is 4.79 Å². The van der Waals surface area contributed by atoms with E-state index in [0.29, 0.717) is 37.8 Å². The van der Waals surface area contributed by atoms with Gasteiger partial charge in [-0.15, -0.1) is 0 Å². The van der Waals surface area contributed by atoms with E-state index in [1.165, 1.54) is 17.0 Å². The lowest BCUT2D eigenvalue weighted by Gasteiger charge is -2.39. The normalized spacial score (nSPS) is 26.1. The first-order chi connectivity index (χ1) is 12.2. The number of halogens is 3. The molecular weight excluding hydrogens is 349 g/mol. The first kappa shape index (κ1) is 18.5. The van der Waals surface area contributed by atoms with Gasteiger partial charge in [0.2, 0.25) is 0 Å². The minimum absolute atomic E-state index is 0.00396. The van der Waals surface area contributed by atoms with Crippen LogP contribution in [0.2, 0.25) is 0 Å². The second-order valence-corrected chi connectivity index (χ2v) is 7.06. The van der Waals surface area contributed by atoms with E-state index in [1.807, 2.05) is 0 Å². The zero-order chi connectivity index (χ0) is 18.9. The van der Waals surface area contributed by atoms with Crippen molar-refractivity contribution >= 4 is 12.0 Å². The third kappa shape index (κ3) is 4.11. The average molecular weight is 370 g/mol. The van der Waals surface area contributed by atoms with Crippen molar-refractivity contribution in [2.24, 2.45) is 5.92 Å². The largest absolute Gasteiger partial charge is 0.481 e. The van der Waals surface area contributed by atoms with Crippen LogP contribution in [0.1, 0.15) is 42.7 Å². The van der Waals surface area contributed by atoms with Gasteiger partial charge >= 0.3 is 18.2 Å². The molecule has 0 aromatic heterocycles. The van der Waals surface area contributed by atoms with Gasteiger partial charge in [-0.2, -0.15) is 13.2 Å². The van der Waals surface area contributed by atoms with Gasteiger partial charge in [-0.05, 0) is 43.2 Å². The fourth-order valence-electron chi connectivity index (χ4n) is 3.61. The predicted molar refractivity (Wildman–Crippen MR) is 87.7 cm³/mol.